The highest BCUT2D eigenvalue weighted by Crippen LogP contribution is 2.07. The molecular weight excluding hydrogens is 267 g/mol. The zero-order chi connectivity index (χ0) is 8.97. The number of nitrogens with zero attached hydrogens (tertiary/aromatic N) is 3. The molecule has 1 heterocycles. The van der Waals surface area contributed by atoms with Crippen molar-refractivity contribution >= 4 is 28.4 Å². The smallest absolute Gasteiger partial charge is 0.151 e. The van der Waals surface area contributed by atoms with Crippen LogP contribution in [0.25, 0.3) is 0 Å². The van der Waals surface area contributed by atoms with Gasteiger partial charge in [-0.2, -0.15) is 0 Å². The molecule has 0 spiro atoms. The van der Waals surface area contributed by atoms with Gasteiger partial charge in [0.15, 0.2) is 5.82 Å². The summed E-state index contributed by atoms with van der Waals surface area (Å²) in [5, 5.41) is 7.95. The number of hydrogen-bond donors (Lipinski definition) is 1. The largest absolute Gasteiger partial charge is 0.357 e. The van der Waals surface area contributed by atoms with Crippen molar-refractivity contribution in [2.75, 3.05) is 25.0 Å². The van der Waals surface area contributed by atoms with Crippen molar-refractivity contribution in [1.29, 1.82) is 0 Å². The van der Waals surface area contributed by atoms with Crippen LogP contribution in [-0.2, 0) is 0 Å². The molecule has 66 valence electrons. The van der Waals surface area contributed by atoms with Gasteiger partial charge in [-0.25, -0.2) is 0 Å². The topological polar surface area (TPSA) is 55.0 Å². The number of aromatic nitrogens is 2. The fraction of sp³-hybridized carbons (Fsp3) is 0.429. The molecule has 1 aromatic heterocycles. The standard InChI is InChI=1S/C7H11IN4/c1-12(5-4-9)7-3-2-6(8)10-11-7/h2-3H,4-5,9H2,1H3. The van der Waals surface area contributed by atoms with Gasteiger partial charge in [0.05, 0.1) is 0 Å². The van der Waals surface area contributed by atoms with E-state index >= 15 is 0 Å². The maximum Gasteiger partial charge on any atom is 0.151 e. The monoisotopic (exact) mass is 278 g/mol. The van der Waals surface area contributed by atoms with E-state index in [4.69, 9.17) is 5.73 Å². The van der Waals surface area contributed by atoms with Crippen molar-refractivity contribution in [3.8, 4) is 0 Å². The van der Waals surface area contributed by atoms with E-state index in [0.717, 1.165) is 16.1 Å². The summed E-state index contributed by atoms with van der Waals surface area (Å²) in [4.78, 5) is 1.98. The third kappa shape index (κ3) is 2.56. The maximum absolute atomic E-state index is 5.41. The summed E-state index contributed by atoms with van der Waals surface area (Å²) in [7, 11) is 1.95. The molecule has 0 radical (unpaired) electrons. The average molecular weight is 278 g/mol. The second kappa shape index (κ2) is 4.56. The third-order valence-corrected chi connectivity index (χ3v) is 2.05. The van der Waals surface area contributed by atoms with Crippen LogP contribution in [0.5, 0.6) is 0 Å². The van der Waals surface area contributed by atoms with Gasteiger partial charge in [-0.15, -0.1) is 10.2 Å². The molecule has 2 N–H and O–H groups in total. The predicted octanol–water partition coefficient (Wildman–Crippen LogP) is 0.476. The summed E-state index contributed by atoms with van der Waals surface area (Å²) in [6.45, 7) is 1.43. The normalized spacial score (nSPS) is 9.92. The minimum absolute atomic E-state index is 0.629. The van der Waals surface area contributed by atoms with Gasteiger partial charge in [0.1, 0.15) is 3.70 Å². The van der Waals surface area contributed by atoms with Crippen LogP contribution in [0.15, 0.2) is 12.1 Å². The van der Waals surface area contributed by atoms with Gasteiger partial charge in [0.25, 0.3) is 0 Å². The number of rotatable bonds is 3. The summed E-state index contributed by atoms with van der Waals surface area (Å²) in [5.74, 6) is 0.862. The van der Waals surface area contributed by atoms with E-state index in [-0.39, 0.29) is 0 Å². The van der Waals surface area contributed by atoms with Gasteiger partial charge in [0, 0.05) is 20.1 Å². The molecule has 0 saturated heterocycles. The van der Waals surface area contributed by atoms with E-state index in [1.807, 2.05) is 24.1 Å². The molecule has 0 aliphatic carbocycles. The summed E-state index contributed by atoms with van der Waals surface area (Å²) < 4.78 is 0.900. The molecule has 0 unspecified atom stereocenters. The first kappa shape index (κ1) is 9.66. The van der Waals surface area contributed by atoms with Gasteiger partial charge in [-0.3, -0.25) is 0 Å². The van der Waals surface area contributed by atoms with E-state index < -0.39 is 0 Å². The summed E-state index contributed by atoms with van der Waals surface area (Å²) in [6, 6.07) is 3.86. The Morgan fingerprint density at radius 3 is 2.75 bits per heavy atom. The molecule has 1 rings (SSSR count). The Hall–Kier alpha value is -0.430. The lowest BCUT2D eigenvalue weighted by atomic mass is 10.5. The van der Waals surface area contributed by atoms with Crippen LogP contribution in [0.3, 0.4) is 0 Å². The average Bonchev–Trinajstić information content (AvgIpc) is 2.06. The zero-order valence-corrected chi connectivity index (χ0v) is 9.02. The van der Waals surface area contributed by atoms with E-state index in [9.17, 15) is 0 Å². The first-order valence-electron chi connectivity index (χ1n) is 3.64. The quantitative estimate of drug-likeness (QED) is 0.817. The van der Waals surface area contributed by atoms with Crippen molar-refractivity contribution in [3.63, 3.8) is 0 Å². The van der Waals surface area contributed by atoms with Crippen molar-refractivity contribution in [2.45, 2.75) is 0 Å². The molecule has 0 bridgehead atoms. The SMILES string of the molecule is CN(CCN)c1ccc(I)nn1. The lowest BCUT2D eigenvalue weighted by Crippen LogP contribution is -2.25. The number of hydrogen-bond acceptors (Lipinski definition) is 4. The number of likely N-dealkylation sites (N-methyl/N-ethyl adjacent to an activating group) is 1. The Labute approximate surface area is 85.3 Å². The Morgan fingerprint density at radius 2 is 2.25 bits per heavy atom. The van der Waals surface area contributed by atoms with Crippen molar-refractivity contribution in [1.82, 2.24) is 10.2 Å². The molecule has 5 heteroatoms. The van der Waals surface area contributed by atoms with Crippen LogP contribution < -0.4 is 10.6 Å². The Morgan fingerprint density at radius 1 is 1.50 bits per heavy atom. The molecule has 0 atom stereocenters. The molecule has 1 aromatic rings. The van der Waals surface area contributed by atoms with Crippen LogP contribution in [0, 0.1) is 3.70 Å². The first-order chi connectivity index (χ1) is 5.74. The number of nitrogens with two attached hydrogens (primary N) is 1. The zero-order valence-electron chi connectivity index (χ0n) is 6.87. The Bertz CT molecular complexity index is 236. The van der Waals surface area contributed by atoms with Crippen LogP contribution >= 0.6 is 22.6 Å². The van der Waals surface area contributed by atoms with E-state index in [2.05, 4.69) is 32.8 Å². The fourth-order valence-corrected chi connectivity index (χ4v) is 1.11. The molecule has 0 amide bonds. The van der Waals surface area contributed by atoms with E-state index in [1.165, 1.54) is 0 Å². The highest BCUT2D eigenvalue weighted by molar-refractivity contribution is 14.1. The van der Waals surface area contributed by atoms with Gasteiger partial charge in [0.2, 0.25) is 0 Å². The van der Waals surface area contributed by atoms with E-state index in [0.29, 0.717) is 6.54 Å². The minimum Gasteiger partial charge on any atom is -0.357 e. The van der Waals surface area contributed by atoms with Gasteiger partial charge < -0.3 is 10.6 Å². The molecule has 0 aliphatic heterocycles. The highest BCUT2D eigenvalue weighted by Gasteiger charge is 2.00. The van der Waals surface area contributed by atoms with Gasteiger partial charge in [-0.05, 0) is 34.7 Å². The number of anilines is 1. The third-order valence-electron chi connectivity index (χ3n) is 1.47. The number of halogens is 1. The minimum atomic E-state index is 0.629. The fourth-order valence-electron chi connectivity index (χ4n) is 0.821. The van der Waals surface area contributed by atoms with Crippen LogP contribution in [-0.4, -0.2) is 30.3 Å². The lowest BCUT2D eigenvalue weighted by molar-refractivity contribution is 0.843. The molecule has 4 nitrogen and oxygen atoms in total. The highest BCUT2D eigenvalue weighted by atomic mass is 127. The second-order valence-corrected chi connectivity index (χ2v) is 3.53. The molecule has 0 saturated carbocycles. The Balaban J connectivity index is 2.68. The van der Waals surface area contributed by atoms with Crippen molar-refractivity contribution in [2.24, 2.45) is 5.73 Å². The predicted molar refractivity (Wildman–Crippen MR) is 57.1 cm³/mol. The van der Waals surface area contributed by atoms with Gasteiger partial charge >= 0.3 is 0 Å². The van der Waals surface area contributed by atoms with Crippen LogP contribution in [0.1, 0.15) is 0 Å². The molecule has 0 aromatic carbocycles. The summed E-state index contributed by atoms with van der Waals surface area (Å²) in [5.41, 5.74) is 5.41. The van der Waals surface area contributed by atoms with Crippen molar-refractivity contribution in [3.05, 3.63) is 15.8 Å². The molecular formula is C7H11IN4. The van der Waals surface area contributed by atoms with E-state index in [1.54, 1.807) is 0 Å². The molecule has 12 heavy (non-hydrogen) atoms. The molecule has 0 fully saturated rings. The van der Waals surface area contributed by atoms with Gasteiger partial charge in [-0.1, -0.05) is 0 Å². The van der Waals surface area contributed by atoms with Crippen LogP contribution in [0.4, 0.5) is 5.82 Å². The van der Waals surface area contributed by atoms with Crippen LogP contribution in [0.2, 0.25) is 0 Å². The maximum atomic E-state index is 5.41. The second-order valence-electron chi connectivity index (χ2n) is 2.42. The Kier molecular flexibility index (Phi) is 3.67. The lowest BCUT2D eigenvalue weighted by Gasteiger charge is -2.15. The molecule has 0 aliphatic rings. The summed E-state index contributed by atoms with van der Waals surface area (Å²) >= 11 is 2.12. The first-order valence-corrected chi connectivity index (χ1v) is 4.72. The van der Waals surface area contributed by atoms with Crippen molar-refractivity contribution < 1.29 is 0 Å². The summed E-state index contributed by atoms with van der Waals surface area (Å²) in [6.07, 6.45) is 0.